The minimum Gasteiger partial charge on any atom is -0.332 e. The SMILES string of the molecule is CP(=O)(O)On1ccnc1. The van der Waals surface area contributed by atoms with E-state index in [2.05, 4.69) is 9.61 Å². The Bertz CT molecular complexity index is 239. The molecule has 1 aromatic heterocycles. The largest absolute Gasteiger partial charge is 0.392 e. The van der Waals surface area contributed by atoms with Gasteiger partial charge in [0.1, 0.15) is 6.33 Å². The van der Waals surface area contributed by atoms with E-state index < -0.39 is 7.60 Å². The van der Waals surface area contributed by atoms with Crippen LogP contribution in [0.25, 0.3) is 0 Å². The second-order valence-electron chi connectivity index (χ2n) is 1.81. The molecule has 1 rings (SSSR count). The normalized spacial score (nSPS) is 16.2. The maximum atomic E-state index is 10.6. The summed E-state index contributed by atoms with van der Waals surface area (Å²) < 4.78 is 16.2. The molecule has 0 saturated carbocycles. The van der Waals surface area contributed by atoms with Crippen LogP contribution >= 0.6 is 7.60 Å². The minimum atomic E-state index is -3.43. The maximum absolute atomic E-state index is 10.6. The summed E-state index contributed by atoms with van der Waals surface area (Å²) in [5.41, 5.74) is 0. The highest BCUT2D eigenvalue weighted by atomic mass is 31.2. The van der Waals surface area contributed by atoms with E-state index in [0.29, 0.717) is 0 Å². The smallest absolute Gasteiger partial charge is 0.332 e. The van der Waals surface area contributed by atoms with Crippen LogP contribution < -0.4 is 4.62 Å². The maximum Gasteiger partial charge on any atom is 0.392 e. The van der Waals surface area contributed by atoms with Crippen LogP contribution in [0.2, 0.25) is 0 Å². The molecule has 0 aliphatic carbocycles. The van der Waals surface area contributed by atoms with Crippen LogP contribution in [0.1, 0.15) is 0 Å². The molecular formula is C4H7N2O3P. The van der Waals surface area contributed by atoms with Crippen molar-refractivity contribution in [2.45, 2.75) is 0 Å². The van der Waals surface area contributed by atoms with Crippen LogP contribution in [0.4, 0.5) is 0 Å². The average Bonchev–Trinajstić information content (AvgIpc) is 2.12. The highest BCUT2D eigenvalue weighted by Crippen LogP contribution is 2.31. The van der Waals surface area contributed by atoms with Gasteiger partial charge in [-0.2, -0.15) is 4.73 Å². The van der Waals surface area contributed by atoms with Gasteiger partial charge in [0.05, 0.1) is 12.9 Å². The Morgan fingerprint density at radius 3 is 2.90 bits per heavy atom. The Labute approximate surface area is 57.8 Å². The van der Waals surface area contributed by atoms with Crippen molar-refractivity contribution in [1.82, 2.24) is 9.71 Å². The topological polar surface area (TPSA) is 64.3 Å². The number of hydrogen-bond donors (Lipinski definition) is 1. The minimum absolute atomic E-state index is 1.08. The van der Waals surface area contributed by atoms with Crippen LogP contribution in [-0.2, 0) is 4.57 Å². The first kappa shape index (κ1) is 7.31. The predicted molar refractivity (Wildman–Crippen MR) is 34.6 cm³/mol. The quantitative estimate of drug-likeness (QED) is 0.627. The zero-order valence-electron chi connectivity index (χ0n) is 5.34. The fraction of sp³-hybridized carbons (Fsp3) is 0.250. The van der Waals surface area contributed by atoms with Crippen LogP contribution in [0.5, 0.6) is 0 Å². The van der Waals surface area contributed by atoms with E-state index in [9.17, 15) is 4.57 Å². The fourth-order valence-electron chi connectivity index (χ4n) is 0.470. The van der Waals surface area contributed by atoms with Crippen molar-refractivity contribution in [1.29, 1.82) is 0 Å². The van der Waals surface area contributed by atoms with Crippen LogP contribution in [0.15, 0.2) is 18.7 Å². The molecule has 0 aliphatic rings. The highest BCUT2D eigenvalue weighted by molar-refractivity contribution is 7.52. The van der Waals surface area contributed by atoms with E-state index >= 15 is 0 Å². The van der Waals surface area contributed by atoms with Crippen molar-refractivity contribution in [2.24, 2.45) is 0 Å². The summed E-state index contributed by atoms with van der Waals surface area (Å²) in [5.74, 6) is 0. The monoisotopic (exact) mass is 162 g/mol. The van der Waals surface area contributed by atoms with Gasteiger partial charge in [0.2, 0.25) is 0 Å². The molecular weight excluding hydrogens is 155 g/mol. The van der Waals surface area contributed by atoms with Gasteiger partial charge in [-0.1, -0.05) is 0 Å². The summed E-state index contributed by atoms with van der Waals surface area (Å²) in [7, 11) is -3.43. The third-order valence-corrected chi connectivity index (χ3v) is 1.22. The van der Waals surface area contributed by atoms with Crippen LogP contribution in [0.3, 0.4) is 0 Å². The van der Waals surface area contributed by atoms with Crippen molar-refractivity contribution < 1.29 is 14.1 Å². The molecule has 56 valence electrons. The van der Waals surface area contributed by atoms with Gasteiger partial charge in [0.15, 0.2) is 0 Å². The Morgan fingerprint density at radius 2 is 2.50 bits per heavy atom. The number of rotatable bonds is 2. The van der Waals surface area contributed by atoms with Gasteiger partial charge in [-0.25, -0.2) is 9.55 Å². The molecule has 0 radical (unpaired) electrons. The van der Waals surface area contributed by atoms with Crippen LogP contribution in [0, 0.1) is 0 Å². The molecule has 1 atom stereocenters. The lowest BCUT2D eigenvalue weighted by Crippen LogP contribution is -2.04. The van der Waals surface area contributed by atoms with Gasteiger partial charge in [-0.05, 0) is 0 Å². The van der Waals surface area contributed by atoms with Gasteiger partial charge in [0.25, 0.3) is 0 Å². The van der Waals surface area contributed by atoms with Crippen molar-refractivity contribution in [2.75, 3.05) is 6.66 Å². The molecule has 0 spiro atoms. The first-order valence-electron chi connectivity index (χ1n) is 2.56. The van der Waals surface area contributed by atoms with E-state index in [0.717, 1.165) is 11.4 Å². The van der Waals surface area contributed by atoms with E-state index in [4.69, 9.17) is 4.89 Å². The second kappa shape index (κ2) is 2.44. The molecule has 1 heterocycles. The van der Waals surface area contributed by atoms with Gasteiger partial charge in [0, 0.05) is 6.20 Å². The number of nitrogens with zero attached hydrogens (tertiary/aromatic N) is 2. The molecule has 1 aromatic rings. The lowest BCUT2D eigenvalue weighted by Gasteiger charge is -2.06. The zero-order chi connectivity index (χ0) is 7.61. The number of hydrogen-bond acceptors (Lipinski definition) is 3. The third-order valence-electron chi connectivity index (χ3n) is 0.726. The molecule has 1 unspecified atom stereocenters. The first-order valence-corrected chi connectivity index (χ1v) is 4.59. The fourth-order valence-corrected chi connectivity index (χ4v) is 0.917. The van der Waals surface area contributed by atoms with E-state index in [-0.39, 0.29) is 0 Å². The molecule has 1 N–H and O–H groups in total. The lowest BCUT2D eigenvalue weighted by atomic mass is 11.0. The summed E-state index contributed by atoms with van der Waals surface area (Å²) in [5, 5.41) is 0. The average molecular weight is 162 g/mol. The van der Waals surface area contributed by atoms with E-state index in [1.165, 1.54) is 18.7 Å². The van der Waals surface area contributed by atoms with Crippen molar-refractivity contribution in [3.63, 3.8) is 0 Å². The Morgan fingerprint density at radius 1 is 1.80 bits per heavy atom. The number of aromatic nitrogens is 2. The third kappa shape index (κ3) is 2.21. The first-order chi connectivity index (χ1) is 4.58. The van der Waals surface area contributed by atoms with Gasteiger partial charge in [-0.15, -0.1) is 0 Å². The van der Waals surface area contributed by atoms with Crippen molar-refractivity contribution >= 4 is 7.60 Å². The second-order valence-corrected chi connectivity index (χ2v) is 3.58. The molecule has 10 heavy (non-hydrogen) atoms. The molecule has 5 nitrogen and oxygen atoms in total. The summed E-state index contributed by atoms with van der Waals surface area (Å²) in [6.45, 7) is 1.10. The summed E-state index contributed by atoms with van der Waals surface area (Å²) >= 11 is 0. The van der Waals surface area contributed by atoms with E-state index in [1.807, 2.05) is 0 Å². The van der Waals surface area contributed by atoms with Crippen molar-refractivity contribution in [3.8, 4) is 0 Å². The Hall–Kier alpha value is -0.800. The van der Waals surface area contributed by atoms with Crippen LogP contribution in [-0.4, -0.2) is 21.3 Å². The number of imidazole rings is 1. The summed E-state index contributed by atoms with van der Waals surface area (Å²) in [6, 6.07) is 0. The predicted octanol–water partition coefficient (Wildman–Crippen LogP) is 0.127. The standard InChI is InChI=1S/C4H7N2O3P/c1-10(7,8)9-6-3-2-5-4-6/h2-4H,1H3,(H,7,8). The Balaban J connectivity index is 2.66. The molecule has 6 heteroatoms. The lowest BCUT2D eigenvalue weighted by molar-refractivity contribution is 0.235. The van der Waals surface area contributed by atoms with Crippen molar-refractivity contribution in [3.05, 3.63) is 18.7 Å². The van der Waals surface area contributed by atoms with E-state index in [1.54, 1.807) is 0 Å². The molecule has 0 saturated heterocycles. The molecule has 0 bridgehead atoms. The summed E-state index contributed by atoms with van der Waals surface area (Å²) in [6.07, 6.45) is 4.19. The van der Waals surface area contributed by atoms with Gasteiger partial charge in [-0.3, -0.25) is 0 Å². The zero-order valence-corrected chi connectivity index (χ0v) is 6.23. The molecule has 0 aliphatic heterocycles. The molecule has 0 amide bonds. The molecule has 0 fully saturated rings. The Kier molecular flexibility index (Phi) is 1.78. The van der Waals surface area contributed by atoms with Gasteiger partial charge < -0.3 is 9.52 Å². The highest BCUT2D eigenvalue weighted by Gasteiger charge is 2.10. The molecule has 0 aromatic carbocycles. The summed E-state index contributed by atoms with van der Waals surface area (Å²) in [4.78, 5) is 12.3. The van der Waals surface area contributed by atoms with Gasteiger partial charge >= 0.3 is 7.60 Å².